The highest BCUT2D eigenvalue weighted by Gasteiger charge is 2.24. The largest absolute Gasteiger partial charge is 0.481 e. The minimum Gasteiger partial charge on any atom is -0.481 e. The molecule has 1 unspecified atom stereocenters. The average molecular weight is 287 g/mol. The highest BCUT2D eigenvalue weighted by Crippen LogP contribution is 2.07. The number of carbonyl (C=O) groups excluding carboxylic acids is 2. The van der Waals surface area contributed by atoms with Gasteiger partial charge in [0, 0.05) is 26.2 Å². The number of amides is 3. The second-order valence-electron chi connectivity index (χ2n) is 4.72. The van der Waals surface area contributed by atoms with E-state index in [1.54, 1.807) is 13.8 Å². The number of nitrogens with one attached hydrogen (secondary N) is 1. The lowest BCUT2D eigenvalue weighted by Gasteiger charge is -2.31. The molecule has 0 aliphatic carbocycles. The number of hydrogen-bond acceptors (Lipinski definition) is 3. The van der Waals surface area contributed by atoms with Crippen molar-refractivity contribution in [3.05, 3.63) is 0 Å². The number of carbonyl (C=O) groups is 3. The molecule has 0 fully saturated rings. The van der Waals surface area contributed by atoms with Crippen LogP contribution >= 0.6 is 0 Å². The topological polar surface area (TPSA) is 90.0 Å². The monoisotopic (exact) mass is 287 g/mol. The number of likely N-dealkylation sites (N-methyl/N-ethyl adjacent to an activating group) is 1. The molecule has 7 nitrogen and oxygen atoms in total. The molecule has 7 heteroatoms. The number of nitrogens with zero attached hydrogens (tertiary/aromatic N) is 2. The lowest BCUT2D eigenvalue weighted by molar-refractivity contribution is -0.138. The molecule has 0 aromatic carbocycles. The summed E-state index contributed by atoms with van der Waals surface area (Å²) in [5.74, 6) is -1.17. The maximum atomic E-state index is 12.2. The second-order valence-corrected chi connectivity index (χ2v) is 4.72. The molecule has 1 atom stereocenters. The normalized spacial score (nSPS) is 11.6. The Morgan fingerprint density at radius 1 is 1.25 bits per heavy atom. The van der Waals surface area contributed by atoms with E-state index in [0.717, 1.165) is 6.42 Å². The highest BCUT2D eigenvalue weighted by molar-refractivity contribution is 5.84. The van der Waals surface area contributed by atoms with Gasteiger partial charge >= 0.3 is 12.0 Å². The van der Waals surface area contributed by atoms with Crippen molar-refractivity contribution in [1.82, 2.24) is 15.1 Å². The molecular weight excluding hydrogens is 262 g/mol. The van der Waals surface area contributed by atoms with Crippen molar-refractivity contribution >= 4 is 17.9 Å². The zero-order valence-electron chi connectivity index (χ0n) is 12.7. The minimum absolute atomic E-state index is 0.0326. The molecule has 0 aliphatic rings. The third-order valence-corrected chi connectivity index (χ3v) is 2.87. The summed E-state index contributed by atoms with van der Waals surface area (Å²) >= 11 is 0. The summed E-state index contributed by atoms with van der Waals surface area (Å²) in [6, 6.07) is -0.751. The summed E-state index contributed by atoms with van der Waals surface area (Å²) in [5.41, 5.74) is 0. The van der Waals surface area contributed by atoms with Crippen LogP contribution in [0, 0.1) is 0 Å². The Labute approximate surface area is 119 Å². The molecule has 0 aliphatic heterocycles. The maximum absolute atomic E-state index is 12.2. The van der Waals surface area contributed by atoms with Crippen molar-refractivity contribution in [3.63, 3.8) is 0 Å². The van der Waals surface area contributed by atoms with Crippen LogP contribution in [0.4, 0.5) is 4.79 Å². The van der Waals surface area contributed by atoms with Crippen LogP contribution in [-0.2, 0) is 9.59 Å². The van der Waals surface area contributed by atoms with Crippen LogP contribution in [0.3, 0.4) is 0 Å². The van der Waals surface area contributed by atoms with Crippen molar-refractivity contribution in [2.75, 3.05) is 26.7 Å². The van der Waals surface area contributed by atoms with Gasteiger partial charge in [0.2, 0.25) is 5.91 Å². The van der Waals surface area contributed by atoms with Gasteiger partial charge in [-0.25, -0.2) is 4.79 Å². The van der Waals surface area contributed by atoms with E-state index in [9.17, 15) is 14.4 Å². The number of aliphatic carboxylic acids is 1. The number of urea groups is 1. The molecule has 0 saturated carbocycles. The van der Waals surface area contributed by atoms with Crippen LogP contribution in [0.5, 0.6) is 0 Å². The van der Waals surface area contributed by atoms with Gasteiger partial charge in [-0.05, 0) is 20.3 Å². The molecule has 3 amide bonds. The fraction of sp³-hybridized carbons (Fsp3) is 0.769. The van der Waals surface area contributed by atoms with Crippen LogP contribution in [0.1, 0.15) is 33.6 Å². The Hall–Kier alpha value is -1.79. The third kappa shape index (κ3) is 6.40. The van der Waals surface area contributed by atoms with Gasteiger partial charge in [-0.15, -0.1) is 0 Å². The molecular formula is C13H25N3O4. The lowest BCUT2D eigenvalue weighted by atomic mass is 10.2. The number of rotatable bonds is 8. The van der Waals surface area contributed by atoms with Gasteiger partial charge < -0.3 is 20.2 Å². The third-order valence-electron chi connectivity index (χ3n) is 2.87. The molecule has 0 rings (SSSR count). The Bertz CT molecular complexity index is 347. The number of carboxylic acid groups (broad SMARTS) is 1. The van der Waals surface area contributed by atoms with Crippen molar-refractivity contribution in [1.29, 1.82) is 0 Å². The molecule has 0 spiro atoms. The summed E-state index contributed by atoms with van der Waals surface area (Å²) < 4.78 is 0. The molecule has 116 valence electrons. The molecule has 0 aromatic rings. The summed E-state index contributed by atoms with van der Waals surface area (Å²) in [4.78, 5) is 37.2. The Morgan fingerprint density at radius 2 is 1.85 bits per heavy atom. The summed E-state index contributed by atoms with van der Waals surface area (Å²) in [6.45, 7) is 6.35. The van der Waals surface area contributed by atoms with Crippen LogP contribution in [-0.4, -0.2) is 65.5 Å². The van der Waals surface area contributed by atoms with E-state index in [-0.39, 0.29) is 24.9 Å². The molecule has 0 heterocycles. The summed E-state index contributed by atoms with van der Waals surface area (Å²) in [5, 5.41) is 11.5. The summed E-state index contributed by atoms with van der Waals surface area (Å²) in [7, 11) is 1.53. The molecule has 0 saturated heterocycles. The van der Waals surface area contributed by atoms with Gasteiger partial charge in [-0.1, -0.05) is 6.92 Å². The lowest BCUT2D eigenvalue weighted by Crippen LogP contribution is -2.49. The number of hydrogen-bond donors (Lipinski definition) is 2. The maximum Gasteiger partial charge on any atom is 0.320 e. The van der Waals surface area contributed by atoms with Gasteiger partial charge in [-0.3, -0.25) is 9.59 Å². The van der Waals surface area contributed by atoms with Crippen molar-refractivity contribution in [3.8, 4) is 0 Å². The first kappa shape index (κ1) is 18.2. The van der Waals surface area contributed by atoms with Crippen LogP contribution < -0.4 is 5.32 Å². The quantitative estimate of drug-likeness (QED) is 0.689. The van der Waals surface area contributed by atoms with Gasteiger partial charge in [0.15, 0.2) is 0 Å². The van der Waals surface area contributed by atoms with Crippen molar-refractivity contribution < 1.29 is 19.5 Å². The minimum atomic E-state index is -0.952. The zero-order valence-corrected chi connectivity index (χ0v) is 12.7. The van der Waals surface area contributed by atoms with Crippen LogP contribution in [0.15, 0.2) is 0 Å². The first-order valence-corrected chi connectivity index (χ1v) is 6.83. The van der Waals surface area contributed by atoms with Crippen molar-refractivity contribution in [2.24, 2.45) is 0 Å². The smallest absolute Gasteiger partial charge is 0.320 e. The Kier molecular flexibility index (Phi) is 8.35. The van der Waals surface area contributed by atoms with Crippen LogP contribution in [0.25, 0.3) is 0 Å². The standard InChI is InChI=1S/C13H25N3O4/c1-5-7-14-11(17)9-15(4)13(20)16(6-2)10(3)8-12(18)19/h10H,5-9H2,1-4H3,(H,14,17)(H,18,19). The zero-order chi connectivity index (χ0) is 15.7. The van der Waals surface area contributed by atoms with E-state index in [2.05, 4.69) is 5.32 Å². The van der Waals surface area contributed by atoms with Gasteiger partial charge in [0.05, 0.1) is 6.42 Å². The van der Waals surface area contributed by atoms with Gasteiger partial charge in [0.1, 0.15) is 6.54 Å². The average Bonchev–Trinajstić information content (AvgIpc) is 2.35. The van der Waals surface area contributed by atoms with E-state index in [1.165, 1.54) is 16.8 Å². The van der Waals surface area contributed by atoms with Gasteiger partial charge in [-0.2, -0.15) is 0 Å². The molecule has 0 aromatic heterocycles. The van der Waals surface area contributed by atoms with E-state index < -0.39 is 12.0 Å². The van der Waals surface area contributed by atoms with Crippen LogP contribution in [0.2, 0.25) is 0 Å². The Balaban J connectivity index is 4.51. The first-order valence-electron chi connectivity index (χ1n) is 6.83. The first-order chi connectivity index (χ1) is 9.33. The molecule has 0 radical (unpaired) electrons. The fourth-order valence-corrected chi connectivity index (χ4v) is 1.82. The predicted octanol–water partition coefficient (Wildman–Crippen LogP) is 0.750. The fourth-order valence-electron chi connectivity index (χ4n) is 1.82. The molecule has 0 bridgehead atoms. The molecule has 20 heavy (non-hydrogen) atoms. The van der Waals surface area contributed by atoms with E-state index in [4.69, 9.17) is 5.11 Å². The van der Waals surface area contributed by atoms with E-state index in [1.807, 2.05) is 6.92 Å². The molecule has 2 N–H and O–H groups in total. The predicted molar refractivity (Wildman–Crippen MR) is 75.4 cm³/mol. The Morgan fingerprint density at radius 3 is 2.30 bits per heavy atom. The van der Waals surface area contributed by atoms with Crippen molar-refractivity contribution in [2.45, 2.75) is 39.7 Å². The SMILES string of the molecule is CCCNC(=O)CN(C)C(=O)N(CC)C(C)CC(=O)O. The number of carboxylic acids is 1. The van der Waals surface area contributed by atoms with Gasteiger partial charge in [0.25, 0.3) is 0 Å². The summed E-state index contributed by atoms with van der Waals surface area (Å²) in [6.07, 6.45) is 0.718. The second kappa shape index (κ2) is 9.17. The van der Waals surface area contributed by atoms with E-state index >= 15 is 0 Å². The highest BCUT2D eigenvalue weighted by atomic mass is 16.4. The van der Waals surface area contributed by atoms with E-state index in [0.29, 0.717) is 13.1 Å².